The van der Waals surface area contributed by atoms with E-state index >= 15 is 0 Å². The number of carbonyl (C=O) groups excluding carboxylic acids is 2. The minimum Gasteiger partial charge on any atom is -0.492 e. The quantitative estimate of drug-likeness (QED) is 0.867. The number of benzene rings is 2. The molecule has 1 aliphatic heterocycles. The van der Waals surface area contributed by atoms with E-state index in [0.29, 0.717) is 40.9 Å². The monoisotopic (exact) mass is 376 g/mol. The fourth-order valence-electron chi connectivity index (χ4n) is 2.37. The van der Waals surface area contributed by atoms with Crippen LogP contribution in [0.1, 0.15) is 10.4 Å². The molecular formula is C18H17ClN2O3S. The smallest absolute Gasteiger partial charge is 0.253 e. The number of rotatable bonds is 5. The molecule has 0 saturated carbocycles. The minimum absolute atomic E-state index is 0.0492. The Labute approximate surface area is 155 Å². The largest absolute Gasteiger partial charge is 0.492 e. The van der Waals surface area contributed by atoms with Gasteiger partial charge in [0.15, 0.2) is 0 Å². The summed E-state index contributed by atoms with van der Waals surface area (Å²) in [5.74, 6) is 0.945. The topological polar surface area (TPSA) is 58.6 Å². The van der Waals surface area contributed by atoms with Gasteiger partial charge in [-0.15, -0.1) is 11.8 Å². The molecular weight excluding hydrogens is 360 g/mol. The summed E-state index contributed by atoms with van der Waals surface area (Å²) in [6.45, 7) is 0.820. The second kappa shape index (κ2) is 7.80. The van der Waals surface area contributed by atoms with Gasteiger partial charge in [-0.2, -0.15) is 0 Å². The van der Waals surface area contributed by atoms with E-state index in [9.17, 15) is 9.59 Å². The molecule has 1 N–H and O–H groups in total. The van der Waals surface area contributed by atoms with E-state index < -0.39 is 0 Å². The highest BCUT2D eigenvalue weighted by molar-refractivity contribution is 8.00. The first kappa shape index (κ1) is 17.6. The maximum absolute atomic E-state index is 12.5. The fourth-order valence-corrected chi connectivity index (χ4v) is 3.28. The molecule has 0 unspecified atom stereocenters. The highest BCUT2D eigenvalue weighted by Crippen LogP contribution is 2.32. The molecule has 2 amide bonds. The van der Waals surface area contributed by atoms with Crippen molar-refractivity contribution in [3.8, 4) is 5.75 Å². The van der Waals surface area contributed by atoms with Crippen LogP contribution in [0.15, 0.2) is 47.4 Å². The number of thioether (sulfide) groups is 1. The molecule has 0 fully saturated rings. The van der Waals surface area contributed by atoms with Gasteiger partial charge < -0.3 is 15.0 Å². The number of carbonyl (C=O) groups is 2. The number of fused-ring (bicyclic) bond motifs is 1. The number of nitrogens with one attached hydrogen (secondary N) is 1. The lowest BCUT2D eigenvalue weighted by molar-refractivity contribution is -0.113. The van der Waals surface area contributed by atoms with E-state index in [2.05, 4.69) is 5.32 Å². The lowest BCUT2D eigenvalue weighted by atomic mass is 10.1. The van der Waals surface area contributed by atoms with Gasteiger partial charge in [-0.3, -0.25) is 9.59 Å². The second-order valence-electron chi connectivity index (χ2n) is 5.58. The number of likely N-dealkylation sites (N-methyl/N-ethyl adjacent to an activating group) is 1. The van der Waals surface area contributed by atoms with Crippen molar-refractivity contribution < 1.29 is 14.3 Å². The molecule has 5 nitrogen and oxygen atoms in total. The van der Waals surface area contributed by atoms with Crippen LogP contribution in [0.2, 0.25) is 5.02 Å². The van der Waals surface area contributed by atoms with Crippen molar-refractivity contribution >= 4 is 40.9 Å². The molecule has 7 heteroatoms. The van der Waals surface area contributed by atoms with Crippen molar-refractivity contribution in [2.45, 2.75) is 4.90 Å². The second-order valence-corrected chi connectivity index (χ2v) is 7.03. The van der Waals surface area contributed by atoms with Gasteiger partial charge in [0.05, 0.1) is 18.0 Å². The van der Waals surface area contributed by atoms with Gasteiger partial charge >= 0.3 is 0 Å². The Morgan fingerprint density at radius 2 is 2.04 bits per heavy atom. The van der Waals surface area contributed by atoms with Crippen LogP contribution in [0.3, 0.4) is 0 Å². The predicted molar refractivity (Wildman–Crippen MR) is 99.7 cm³/mol. The average Bonchev–Trinajstić information content (AvgIpc) is 2.62. The summed E-state index contributed by atoms with van der Waals surface area (Å²) in [5, 5.41) is 3.45. The number of halogens is 1. The van der Waals surface area contributed by atoms with Crippen molar-refractivity contribution in [3.05, 3.63) is 53.1 Å². The Morgan fingerprint density at radius 3 is 2.80 bits per heavy atom. The first-order valence-electron chi connectivity index (χ1n) is 7.73. The SMILES string of the molecule is CN(CCOc1ccc(Cl)cc1)C(=O)c1ccc2c(c1)NC(=O)CS2. The third-order valence-electron chi connectivity index (χ3n) is 3.72. The molecule has 1 heterocycles. The van der Waals surface area contributed by atoms with E-state index in [1.54, 1.807) is 48.3 Å². The highest BCUT2D eigenvalue weighted by Gasteiger charge is 2.18. The fraction of sp³-hybridized carbons (Fsp3) is 0.222. The van der Waals surface area contributed by atoms with Crippen LogP contribution in [0.4, 0.5) is 5.69 Å². The summed E-state index contributed by atoms with van der Waals surface area (Å²) >= 11 is 7.30. The molecule has 1 aliphatic rings. The third-order valence-corrected chi connectivity index (χ3v) is 5.04. The zero-order valence-electron chi connectivity index (χ0n) is 13.6. The molecule has 0 spiro atoms. The zero-order valence-corrected chi connectivity index (χ0v) is 15.2. The lowest BCUT2D eigenvalue weighted by Crippen LogP contribution is -2.31. The van der Waals surface area contributed by atoms with E-state index in [1.165, 1.54) is 11.8 Å². The molecule has 130 valence electrons. The average molecular weight is 377 g/mol. The maximum atomic E-state index is 12.5. The Morgan fingerprint density at radius 1 is 1.28 bits per heavy atom. The Bertz CT molecular complexity index is 795. The minimum atomic E-state index is -0.118. The summed E-state index contributed by atoms with van der Waals surface area (Å²) in [5.41, 5.74) is 1.23. The molecule has 0 saturated heterocycles. The van der Waals surface area contributed by atoms with Crippen molar-refractivity contribution in [2.24, 2.45) is 0 Å². The van der Waals surface area contributed by atoms with Crippen LogP contribution < -0.4 is 10.1 Å². The standard InChI is InChI=1S/C18H17ClN2O3S/c1-21(8-9-24-14-5-3-13(19)4-6-14)18(23)12-2-7-16-15(10-12)20-17(22)11-25-16/h2-7,10H,8-9,11H2,1H3,(H,20,22). The van der Waals surface area contributed by atoms with Crippen molar-refractivity contribution in [1.82, 2.24) is 4.90 Å². The van der Waals surface area contributed by atoms with Crippen LogP contribution in [-0.4, -0.2) is 42.7 Å². The number of anilines is 1. The molecule has 3 rings (SSSR count). The first-order chi connectivity index (χ1) is 12.0. The van der Waals surface area contributed by atoms with E-state index in [-0.39, 0.29) is 11.8 Å². The van der Waals surface area contributed by atoms with Crippen LogP contribution in [-0.2, 0) is 4.79 Å². The van der Waals surface area contributed by atoms with E-state index in [0.717, 1.165) is 4.90 Å². The van der Waals surface area contributed by atoms with Crippen LogP contribution in [0, 0.1) is 0 Å². The lowest BCUT2D eigenvalue weighted by Gasteiger charge is -2.20. The number of hydrogen-bond acceptors (Lipinski definition) is 4. The number of amides is 2. The van der Waals surface area contributed by atoms with Crippen LogP contribution >= 0.6 is 23.4 Å². The summed E-state index contributed by atoms with van der Waals surface area (Å²) in [6, 6.07) is 12.4. The van der Waals surface area contributed by atoms with Gasteiger partial charge in [-0.1, -0.05) is 11.6 Å². The van der Waals surface area contributed by atoms with Gasteiger partial charge in [0.1, 0.15) is 12.4 Å². The normalized spacial score (nSPS) is 13.0. The third kappa shape index (κ3) is 4.46. The molecule has 0 aromatic heterocycles. The summed E-state index contributed by atoms with van der Waals surface area (Å²) in [7, 11) is 1.72. The molecule has 0 radical (unpaired) electrons. The van der Waals surface area contributed by atoms with E-state index in [4.69, 9.17) is 16.3 Å². The highest BCUT2D eigenvalue weighted by atomic mass is 35.5. The van der Waals surface area contributed by atoms with Crippen molar-refractivity contribution in [3.63, 3.8) is 0 Å². The van der Waals surface area contributed by atoms with Crippen molar-refractivity contribution in [2.75, 3.05) is 31.3 Å². The molecule has 2 aromatic carbocycles. The molecule has 2 aromatic rings. The van der Waals surface area contributed by atoms with Crippen LogP contribution in [0.5, 0.6) is 5.75 Å². The van der Waals surface area contributed by atoms with Gasteiger partial charge in [0.25, 0.3) is 5.91 Å². The summed E-state index contributed by atoms with van der Waals surface area (Å²) in [6.07, 6.45) is 0. The van der Waals surface area contributed by atoms with E-state index in [1.807, 2.05) is 6.07 Å². The summed E-state index contributed by atoms with van der Waals surface area (Å²) < 4.78 is 5.61. The Kier molecular flexibility index (Phi) is 5.50. The van der Waals surface area contributed by atoms with Gasteiger partial charge in [-0.25, -0.2) is 0 Å². The Balaban J connectivity index is 1.57. The number of ether oxygens (including phenoxy) is 1. The van der Waals surface area contributed by atoms with Gasteiger partial charge in [0.2, 0.25) is 5.91 Å². The molecule has 0 aliphatic carbocycles. The zero-order chi connectivity index (χ0) is 17.8. The number of nitrogens with zero attached hydrogens (tertiary/aromatic N) is 1. The van der Waals surface area contributed by atoms with Gasteiger partial charge in [-0.05, 0) is 42.5 Å². The Hall–Kier alpha value is -2.18. The van der Waals surface area contributed by atoms with Crippen LogP contribution in [0.25, 0.3) is 0 Å². The molecule has 0 bridgehead atoms. The van der Waals surface area contributed by atoms with Gasteiger partial charge in [0, 0.05) is 22.5 Å². The maximum Gasteiger partial charge on any atom is 0.253 e. The van der Waals surface area contributed by atoms with Crippen molar-refractivity contribution in [1.29, 1.82) is 0 Å². The molecule has 0 atom stereocenters. The molecule has 25 heavy (non-hydrogen) atoms. The predicted octanol–water partition coefficient (Wildman–Crippen LogP) is 3.54. The summed E-state index contributed by atoms with van der Waals surface area (Å²) in [4.78, 5) is 26.6. The first-order valence-corrected chi connectivity index (χ1v) is 9.10. The number of hydrogen-bond donors (Lipinski definition) is 1.